The molecular formula is C18H19BrN2O5. The van der Waals surface area contributed by atoms with Gasteiger partial charge in [0.15, 0.2) is 6.61 Å². The SMILES string of the molecule is COc1cc([N+](=O)[O-])ccc1NC(=O)COc1ccc(C(C)C)cc1Br. The molecule has 0 spiro atoms. The molecule has 2 aromatic rings. The zero-order chi connectivity index (χ0) is 19.3. The molecule has 0 heterocycles. The summed E-state index contributed by atoms with van der Waals surface area (Å²) in [6.45, 7) is 3.97. The number of methoxy groups -OCH3 is 1. The van der Waals surface area contributed by atoms with Gasteiger partial charge in [0.25, 0.3) is 11.6 Å². The maximum atomic E-state index is 12.1. The molecule has 0 fully saturated rings. The van der Waals surface area contributed by atoms with Crippen molar-refractivity contribution in [3.63, 3.8) is 0 Å². The number of benzene rings is 2. The summed E-state index contributed by atoms with van der Waals surface area (Å²) in [5.41, 5.74) is 1.37. The number of nitrogens with zero attached hydrogens (tertiary/aromatic N) is 1. The minimum absolute atomic E-state index is 0.120. The number of non-ortho nitro benzene ring substituents is 1. The molecule has 0 aromatic heterocycles. The number of halogens is 1. The zero-order valence-electron chi connectivity index (χ0n) is 14.6. The molecule has 1 N–H and O–H groups in total. The molecule has 0 radical (unpaired) electrons. The molecule has 138 valence electrons. The quantitative estimate of drug-likeness (QED) is 0.523. The third-order valence-electron chi connectivity index (χ3n) is 3.65. The first kappa shape index (κ1) is 19.7. The van der Waals surface area contributed by atoms with Gasteiger partial charge >= 0.3 is 0 Å². The van der Waals surface area contributed by atoms with Crippen LogP contribution in [0.3, 0.4) is 0 Å². The molecule has 8 heteroatoms. The summed E-state index contributed by atoms with van der Waals surface area (Å²) in [4.78, 5) is 22.4. The second-order valence-corrected chi connectivity index (χ2v) is 6.68. The van der Waals surface area contributed by atoms with Crippen LogP contribution in [0.2, 0.25) is 0 Å². The number of amides is 1. The van der Waals surface area contributed by atoms with Crippen molar-refractivity contribution in [2.24, 2.45) is 0 Å². The van der Waals surface area contributed by atoms with E-state index in [2.05, 4.69) is 35.1 Å². The minimum Gasteiger partial charge on any atom is -0.494 e. The molecule has 0 aliphatic carbocycles. The molecular weight excluding hydrogens is 404 g/mol. The lowest BCUT2D eigenvalue weighted by molar-refractivity contribution is -0.384. The Morgan fingerprint density at radius 1 is 1.23 bits per heavy atom. The number of rotatable bonds is 7. The topological polar surface area (TPSA) is 90.7 Å². The predicted molar refractivity (Wildman–Crippen MR) is 102 cm³/mol. The number of nitrogens with one attached hydrogen (secondary N) is 1. The average Bonchev–Trinajstić information content (AvgIpc) is 2.60. The van der Waals surface area contributed by atoms with Crippen LogP contribution in [0.4, 0.5) is 11.4 Å². The highest BCUT2D eigenvalue weighted by Crippen LogP contribution is 2.30. The number of nitro benzene ring substituents is 1. The van der Waals surface area contributed by atoms with E-state index >= 15 is 0 Å². The molecule has 0 unspecified atom stereocenters. The fourth-order valence-electron chi connectivity index (χ4n) is 2.22. The number of anilines is 1. The van der Waals surface area contributed by atoms with Crippen molar-refractivity contribution in [1.29, 1.82) is 0 Å². The van der Waals surface area contributed by atoms with Gasteiger partial charge in [-0.15, -0.1) is 0 Å². The van der Waals surface area contributed by atoms with Crippen molar-refractivity contribution in [2.45, 2.75) is 19.8 Å². The van der Waals surface area contributed by atoms with Crippen LogP contribution in [-0.4, -0.2) is 24.5 Å². The van der Waals surface area contributed by atoms with E-state index in [9.17, 15) is 14.9 Å². The van der Waals surface area contributed by atoms with Crippen LogP contribution < -0.4 is 14.8 Å². The summed E-state index contributed by atoms with van der Waals surface area (Å²) in [7, 11) is 1.37. The Morgan fingerprint density at radius 3 is 2.54 bits per heavy atom. The molecule has 26 heavy (non-hydrogen) atoms. The summed E-state index contributed by atoms with van der Waals surface area (Å²) < 4.78 is 11.4. The van der Waals surface area contributed by atoms with E-state index in [1.807, 2.05) is 12.1 Å². The lowest BCUT2D eigenvalue weighted by Gasteiger charge is -2.13. The molecule has 0 atom stereocenters. The van der Waals surface area contributed by atoms with Crippen LogP contribution in [0.15, 0.2) is 40.9 Å². The van der Waals surface area contributed by atoms with Crippen molar-refractivity contribution in [3.05, 3.63) is 56.5 Å². The molecule has 0 saturated carbocycles. The van der Waals surface area contributed by atoms with Gasteiger partial charge in [-0.05, 0) is 45.6 Å². The maximum Gasteiger partial charge on any atom is 0.273 e. The van der Waals surface area contributed by atoms with Crippen LogP contribution in [0.25, 0.3) is 0 Å². The van der Waals surface area contributed by atoms with Crippen molar-refractivity contribution in [2.75, 3.05) is 19.0 Å². The highest BCUT2D eigenvalue weighted by molar-refractivity contribution is 9.10. The van der Waals surface area contributed by atoms with Crippen molar-refractivity contribution >= 4 is 33.2 Å². The van der Waals surface area contributed by atoms with E-state index in [4.69, 9.17) is 9.47 Å². The van der Waals surface area contributed by atoms with Crippen LogP contribution in [0.1, 0.15) is 25.3 Å². The molecule has 0 aliphatic heterocycles. The number of carbonyl (C=O) groups excluding carboxylic acids is 1. The van der Waals surface area contributed by atoms with Crippen molar-refractivity contribution in [3.8, 4) is 11.5 Å². The smallest absolute Gasteiger partial charge is 0.273 e. The van der Waals surface area contributed by atoms with Crippen LogP contribution in [0, 0.1) is 10.1 Å². The molecule has 0 aliphatic rings. The summed E-state index contributed by atoms with van der Waals surface area (Å²) in [5.74, 6) is 0.741. The van der Waals surface area contributed by atoms with E-state index in [0.717, 1.165) is 10.0 Å². The van der Waals surface area contributed by atoms with E-state index < -0.39 is 10.8 Å². The number of hydrogen-bond donors (Lipinski definition) is 1. The number of ether oxygens (including phenoxy) is 2. The standard InChI is InChI=1S/C18H19BrN2O5/c1-11(2)12-4-7-16(14(19)8-12)26-10-18(22)20-15-6-5-13(21(23)24)9-17(15)25-3/h4-9,11H,10H2,1-3H3,(H,20,22). The normalized spacial score (nSPS) is 10.5. The first-order valence-corrected chi connectivity index (χ1v) is 8.65. The van der Waals surface area contributed by atoms with Gasteiger partial charge in [0.2, 0.25) is 0 Å². The van der Waals surface area contributed by atoms with Gasteiger partial charge in [0.05, 0.1) is 28.3 Å². The zero-order valence-corrected chi connectivity index (χ0v) is 16.2. The second kappa shape index (κ2) is 8.66. The second-order valence-electron chi connectivity index (χ2n) is 5.82. The van der Waals surface area contributed by atoms with Crippen LogP contribution in [0.5, 0.6) is 11.5 Å². The summed E-state index contributed by atoms with van der Waals surface area (Å²) in [5, 5.41) is 13.4. The molecule has 2 aromatic carbocycles. The molecule has 0 bridgehead atoms. The van der Waals surface area contributed by atoms with E-state index in [-0.39, 0.29) is 18.0 Å². The number of nitro groups is 1. The largest absolute Gasteiger partial charge is 0.494 e. The number of hydrogen-bond acceptors (Lipinski definition) is 5. The van der Waals surface area contributed by atoms with E-state index in [1.165, 1.54) is 25.3 Å². The summed E-state index contributed by atoms with van der Waals surface area (Å²) in [6, 6.07) is 9.67. The lowest BCUT2D eigenvalue weighted by Crippen LogP contribution is -2.20. The lowest BCUT2D eigenvalue weighted by atomic mass is 10.0. The fourth-order valence-corrected chi connectivity index (χ4v) is 2.73. The third kappa shape index (κ3) is 4.95. The first-order valence-electron chi connectivity index (χ1n) is 7.86. The average molecular weight is 423 g/mol. The van der Waals surface area contributed by atoms with Gasteiger partial charge in [-0.2, -0.15) is 0 Å². The summed E-state index contributed by atoms with van der Waals surface area (Å²) in [6.07, 6.45) is 0. The van der Waals surface area contributed by atoms with E-state index in [0.29, 0.717) is 17.4 Å². The Kier molecular flexibility index (Phi) is 6.57. The molecule has 2 rings (SSSR count). The Morgan fingerprint density at radius 2 is 1.96 bits per heavy atom. The first-order chi connectivity index (χ1) is 12.3. The Bertz CT molecular complexity index is 823. The van der Waals surface area contributed by atoms with Gasteiger partial charge in [-0.25, -0.2) is 0 Å². The van der Waals surface area contributed by atoms with Gasteiger partial charge in [0.1, 0.15) is 11.5 Å². The van der Waals surface area contributed by atoms with Crippen molar-refractivity contribution in [1.82, 2.24) is 0 Å². The van der Waals surface area contributed by atoms with Crippen molar-refractivity contribution < 1.29 is 19.2 Å². The van der Waals surface area contributed by atoms with Gasteiger partial charge in [-0.1, -0.05) is 19.9 Å². The minimum atomic E-state index is -0.532. The Hall–Kier alpha value is -2.61. The molecule has 7 nitrogen and oxygen atoms in total. The van der Waals surface area contributed by atoms with Gasteiger partial charge in [0, 0.05) is 6.07 Å². The highest BCUT2D eigenvalue weighted by Gasteiger charge is 2.14. The predicted octanol–water partition coefficient (Wildman–Crippen LogP) is 4.51. The monoisotopic (exact) mass is 422 g/mol. The molecule has 0 saturated heterocycles. The van der Waals surface area contributed by atoms with Crippen LogP contribution in [-0.2, 0) is 4.79 Å². The van der Waals surface area contributed by atoms with Gasteiger partial charge < -0.3 is 14.8 Å². The van der Waals surface area contributed by atoms with Gasteiger partial charge in [-0.3, -0.25) is 14.9 Å². The number of carbonyl (C=O) groups is 1. The van der Waals surface area contributed by atoms with E-state index in [1.54, 1.807) is 6.07 Å². The maximum absolute atomic E-state index is 12.1. The fraction of sp³-hybridized carbons (Fsp3) is 0.278. The highest BCUT2D eigenvalue weighted by atomic mass is 79.9. The third-order valence-corrected chi connectivity index (χ3v) is 4.27. The molecule has 1 amide bonds. The van der Waals surface area contributed by atoms with Crippen LogP contribution >= 0.6 is 15.9 Å². The Balaban J connectivity index is 2.02. The Labute approximate surface area is 159 Å². The summed E-state index contributed by atoms with van der Waals surface area (Å²) >= 11 is 3.44.